The zero-order chi connectivity index (χ0) is 19.6. The van der Waals surface area contributed by atoms with Gasteiger partial charge in [-0.05, 0) is 60.7 Å². The molecule has 0 saturated carbocycles. The van der Waals surface area contributed by atoms with Crippen molar-refractivity contribution in [1.82, 2.24) is 0 Å². The first-order valence-corrected chi connectivity index (χ1v) is 9.78. The Bertz CT molecular complexity index is 979. The first-order chi connectivity index (χ1) is 12.8. The van der Waals surface area contributed by atoms with Gasteiger partial charge in [-0.25, -0.2) is 18.0 Å². The van der Waals surface area contributed by atoms with Crippen LogP contribution in [0, 0.1) is 0 Å². The van der Waals surface area contributed by atoms with Crippen molar-refractivity contribution in [2.75, 3.05) is 18.9 Å². The molecule has 7 nitrogen and oxygen atoms in total. The fourth-order valence-corrected chi connectivity index (χ4v) is 4.19. The molecule has 8 heteroatoms. The van der Waals surface area contributed by atoms with Gasteiger partial charge in [0.05, 0.1) is 30.2 Å². The third-order valence-corrected chi connectivity index (χ3v) is 5.77. The molecule has 3 rings (SSSR count). The third kappa shape index (κ3) is 3.95. The zero-order valence-electron chi connectivity index (χ0n) is 14.9. The molecule has 1 aliphatic carbocycles. The number of ether oxygens (including phenoxy) is 2. The number of hydrogen-bond donors (Lipinski definition) is 1. The van der Waals surface area contributed by atoms with Crippen molar-refractivity contribution in [3.8, 4) is 0 Å². The molecular weight excluding hydrogens is 370 g/mol. The fraction of sp³-hybridized carbons (Fsp3) is 0.263. The maximum absolute atomic E-state index is 12.8. The first-order valence-electron chi connectivity index (χ1n) is 8.30. The summed E-state index contributed by atoms with van der Waals surface area (Å²) in [7, 11) is -1.68. The predicted molar refractivity (Wildman–Crippen MR) is 98.4 cm³/mol. The summed E-state index contributed by atoms with van der Waals surface area (Å²) in [4.78, 5) is 23.5. The zero-order valence-corrected chi connectivity index (χ0v) is 15.8. The molecule has 0 aromatic heterocycles. The molecule has 0 atom stereocenters. The van der Waals surface area contributed by atoms with Crippen LogP contribution in [-0.2, 0) is 32.3 Å². The molecule has 0 fully saturated rings. The highest BCUT2D eigenvalue weighted by molar-refractivity contribution is 7.92. The lowest BCUT2D eigenvalue weighted by atomic mass is 10.1. The molecule has 1 N–H and O–H groups in total. The summed E-state index contributed by atoms with van der Waals surface area (Å²) in [5, 5.41) is 0. The van der Waals surface area contributed by atoms with E-state index in [1.165, 1.54) is 25.8 Å². The summed E-state index contributed by atoms with van der Waals surface area (Å²) in [5.74, 6) is -1.51. The molecule has 0 amide bonds. The SMILES string of the molecule is COC(=O)c1cc(C(=O)OC)cc(S(=O)(=O)Nc2ccc3c(c2)CCC3)c1. The van der Waals surface area contributed by atoms with E-state index < -0.39 is 22.0 Å². The van der Waals surface area contributed by atoms with Gasteiger partial charge in [0.1, 0.15) is 0 Å². The van der Waals surface area contributed by atoms with Gasteiger partial charge in [-0.1, -0.05) is 6.07 Å². The van der Waals surface area contributed by atoms with E-state index in [0.29, 0.717) is 5.69 Å². The Balaban J connectivity index is 1.99. The van der Waals surface area contributed by atoms with Gasteiger partial charge in [0.2, 0.25) is 0 Å². The number of hydrogen-bond acceptors (Lipinski definition) is 6. The van der Waals surface area contributed by atoms with Crippen molar-refractivity contribution < 1.29 is 27.5 Å². The van der Waals surface area contributed by atoms with Crippen LogP contribution >= 0.6 is 0 Å². The lowest BCUT2D eigenvalue weighted by Gasteiger charge is -2.12. The van der Waals surface area contributed by atoms with Gasteiger partial charge in [0.25, 0.3) is 10.0 Å². The summed E-state index contributed by atoms with van der Waals surface area (Å²) >= 11 is 0. The van der Waals surface area contributed by atoms with E-state index in [-0.39, 0.29) is 16.0 Å². The number of carbonyl (C=O) groups excluding carboxylic acids is 2. The molecule has 0 radical (unpaired) electrons. The Kier molecular flexibility index (Phi) is 5.18. The van der Waals surface area contributed by atoms with Crippen LogP contribution in [0.3, 0.4) is 0 Å². The van der Waals surface area contributed by atoms with Gasteiger partial charge in [-0.15, -0.1) is 0 Å². The van der Waals surface area contributed by atoms with Crippen molar-refractivity contribution in [2.45, 2.75) is 24.2 Å². The number of esters is 2. The maximum atomic E-state index is 12.8. The fourth-order valence-electron chi connectivity index (χ4n) is 3.08. The van der Waals surface area contributed by atoms with Gasteiger partial charge in [0, 0.05) is 5.69 Å². The van der Waals surface area contributed by atoms with E-state index in [1.54, 1.807) is 6.07 Å². The molecule has 27 heavy (non-hydrogen) atoms. The molecule has 0 spiro atoms. The smallest absolute Gasteiger partial charge is 0.337 e. The van der Waals surface area contributed by atoms with Gasteiger partial charge in [0.15, 0.2) is 0 Å². The van der Waals surface area contributed by atoms with Crippen LogP contribution < -0.4 is 4.72 Å². The van der Waals surface area contributed by atoms with Gasteiger partial charge >= 0.3 is 11.9 Å². The number of carbonyl (C=O) groups is 2. The number of sulfonamides is 1. The number of methoxy groups -OCH3 is 2. The van der Waals surface area contributed by atoms with E-state index in [9.17, 15) is 18.0 Å². The van der Waals surface area contributed by atoms with Gasteiger partial charge < -0.3 is 9.47 Å². The molecule has 2 aromatic rings. The van der Waals surface area contributed by atoms with E-state index in [1.807, 2.05) is 12.1 Å². The van der Waals surface area contributed by atoms with E-state index in [0.717, 1.165) is 37.0 Å². The highest BCUT2D eigenvalue weighted by Crippen LogP contribution is 2.27. The number of aryl methyl sites for hydroxylation is 2. The number of rotatable bonds is 5. The minimum absolute atomic E-state index is 0.0604. The molecule has 0 unspecified atom stereocenters. The molecule has 1 aliphatic rings. The lowest BCUT2D eigenvalue weighted by molar-refractivity contribution is 0.0598. The van der Waals surface area contributed by atoms with Gasteiger partial charge in [-0.2, -0.15) is 0 Å². The summed E-state index contributed by atoms with van der Waals surface area (Å²) in [6.45, 7) is 0. The van der Waals surface area contributed by atoms with Crippen LogP contribution in [-0.4, -0.2) is 34.6 Å². The van der Waals surface area contributed by atoms with Crippen LogP contribution in [0.25, 0.3) is 0 Å². The van der Waals surface area contributed by atoms with Crippen LogP contribution in [0.15, 0.2) is 41.3 Å². The molecule has 0 saturated heterocycles. The molecular formula is C19H19NO6S. The maximum Gasteiger partial charge on any atom is 0.337 e. The number of anilines is 1. The number of nitrogens with one attached hydrogen (secondary N) is 1. The highest BCUT2D eigenvalue weighted by Gasteiger charge is 2.22. The highest BCUT2D eigenvalue weighted by atomic mass is 32.2. The number of fused-ring (bicyclic) bond motifs is 1. The molecule has 2 aromatic carbocycles. The van der Waals surface area contributed by atoms with Crippen LogP contribution in [0.5, 0.6) is 0 Å². The average Bonchev–Trinajstić information content (AvgIpc) is 3.13. The normalized spacial score (nSPS) is 13.0. The van der Waals surface area contributed by atoms with Crippen molar-refractivity contribution in [3.63, 3.8) is 0 Å². The molecule has 0 aliphatic heterocycles. The molecule has 0 bridgehead atoms. The summed E-state index contributed by atoms with van der Waals surface area (Å²) in [6.07, 6.45) is 2.95. The second-order valence-corrected chi connectivity index (χ2v) is 7.85. The lowest BCUT2D eigenvalue weighted by Crippen LogP contribution is -2.16. The van der Waals surface area contributed by atoms with E-state index in [4.69, 9.17) is 0 Å². The van der Waals surface area contributed by atoms with Crippen molar-refractivity contribution in [3.05, 3.63) is 58.7 Å². The van der Waals surface area contributed by atoms with E-state index in [2.05, 4.69) is 14.2 Å². The summed E-state index contributed by atoms with van der Waals surface area (Å²) in [6, 6.07) is 8.97. The van der Waals surface area contributed by atoms with Crippen molar-refractivity contribution in [1.29, 1.82) is 0 Å². The number of benzene rings is 2. The minimum Gasteiger partial charge on any atom is -0.465 e. The quantitative estimate of drug-likeness (QED) is 0.789. The van der Waals surface area contributed by atoms with Crippen LogP contribution in [0.4, 0.5) is 5.69 Å². The topological polar surface area (TPSA) is 98.8 Å². The second kappa shape index (κ2) is 7.40. The first kappa shape index (κ1) is 18.9. The van der Waals surface area contributed by atoms with Crippen LogP contribution in [0.1, 0.15) is 38.3 Å². The Hall–Kier alpha value is -2.87. The Morgan fingerprint density at radius 2 is 1.48 bits per heavy atom. The standard InChI is InChI=1S/C19H19NO6S/c1-25-18(21)14-8-15(19(22)26-2)11-17(10-14)27(23,24)20-16-7-6-12-4-3-5-13(12)9-16/h6-11,20H,3-5H2,1-2H3. The Labute approximate surface area is 157 Å². The van der Waals surface area contributed by atoms with Crippen molar-refractivity contribution >= 4 is 27.6 Å². The van der Waals surface area contributed by atoms with Crippen molar-refractivity contribution in [2.24, 2.45) is 0 Å². The third-order valence-electron chi connectivity index (χ3n) is 4.41. The average molecular weight is 389 g/mol. The van der Waals surface area contributed by atoms with Gasteiger partial charge in [-0.3, -0.25) is 4.72 Å². The minimum atomic E-state index is -4.02. The second-order valence-electron chi connectivity index (χ2n) is 6.17. The predicted octanol–water partition coefficient (Wildman–Crippen LogP) is 2.55. The molecule has 142 valence electrons. The largest absolute Gasteiger partial charge is 0.465 e. The van der Waals surface area contributed by atoms with Crippen LogP contribution in [0.2, 0.25) is 0 Å². The molecule has 0 heterocycles. The van der Waals surface area contributed by atoms with E-state index >= 15 is 0 Å². The Morgan fingerprint density at radius 1 is 0.889 bits per heavy atom. The summed E-state index contributed by atoms with van der Waals surface area (Å²) < 4.78 is 37.4. The Morgan fingerprint density at radius 3 is 2.07 bits per heavy atom. The monoisotopic (exact) mass is 389 g/mol. The summed E-state index contributed by atoms with van der Waals surface area (Å²) in [5.41, 5.74) is 2.65.